The molecule has 0 saturated carbocycles. The molecule has 1 aliphatic heterocycles. The molecule has 1 fully saturated rings. The average molecular weight is 505 g/mol. The lowest BCUT2D eigenvalue weighted by molar-refractivity contribution is 0.247. The van der Waals surface area contributed by atoms with Crippen molar-refractivity contribution in [1.29, 1.82) is 0 Å². The van der Waals surface area contributed by atoms with Gasteiger partial charge in [0.1, 0.15) is 0 Å². The van der Waals surface area contributed by atoms with Crippen LogP contribution in [-0.4, -0.2) is 41.6 Å². The van der Waals surface area contributed by atoms with Crippen molar-refractivity contribution in [1.82, 2.24) is 15.2 Å². The summed E-state index contributed by atoms with van der Waals surface area (Å²) in [5.74, 6) is 0.305. The fraction of sp³-hybridized carbons (Fsp3) is 0.273. The van der Waals surface area contributed by atoms with E-state index in [1.807, 2.05) is 25.1 Å². The number of likely N-dealkylation sites (tertiary alicyclic amines) is 1. The van der Waals surface area contributed by atoms with E-state index in [0.717, 1.165) is 56.0 Å². The van der Waals surface area contributed by atoms with Gasteiger partial charge in [0, 0.05) is 48.7 Å². The van der Waals surface area contributed by atoms with Crippen molar-refractivity contribution >= 4 is 11.7 Å². The number of carbonyl (C=O) groups is 1. The molecule has 2 amide bonds. The van der Waals surface area contributed by atoms with Gasteiger partial charge in [-0.25, -0.2) is 4.79 Å². The third-order valence-corrected chi connectivity index (χ3v) is 7.23. The highest BCUT2D eigenvalue weighted by atomic mass is 16.2. The first kappa shape index (κ1) is 25.7. The number of hydrogen-bond acceptors (Lipinski definition) is 3. The second-order valence-corrected chi connectivity index (χ2v) is 10.2. The van der Waals surface area contributed by atoms with Gasteiger partial charge in [0.15, 0.2) is 0 Å². The molecule has 194 valence electrons. The minimum Gasteiger partial charge on any atom is -0.334 e. The van der Waals surface area contributed by atoms with Crippen molar-refractivity contribution in [2.45, 2.75) is 38.1 Å². The molecule has 38 heavy (non-hydrogen) atoms. The van der Waals surface area contributed by atoms with Crippen molar-refractivity contribution in [2.24, 2.45) is 0 Å². The van der Waals surface area contributed by atoms with Crippen LogP contribution in [0.1, 0.15) is 40.4 Å². The van der Waals surface area contributed by atoms with E-state index in [-0.39, 0.29) is 12.1 Å². The highest BCUT2D eigenvalue weighted by Crippen LogP contribution is 2.27. The maximum Gasteiger partial charge on any atom is 0.319 e. The van der Waals surface area contributed by atoms with Gasteiger partial charge in [-0.15, -0.1) is 0 Å². The van der Waals surface area contributed by atoms with Crippen molar-refractivity contribution in [3.63, 3.8) is 0 Å². The lowest BCUT2D eigenvalue weighted by Crippen LogP contribution is -2.40. The molecule has 2 N–H and O–H groups in total. The maximum atomic E-state index is 12.9. The third kappa shape index (κ3) is 7.08. The first-order valence-electron chi connectivity index (χ1n) is 13.5. The first-order chi connectivity index (χ1) is 18.6. The van der Waals surface area contributed by atoms with E-state index in [1.54, 1.807) is 0 Å². The van der Waals surface area contributed by atoms with Gasteiger partial charge in [-0.05, 0) is 55.0 Å². The summed E-state index contributed by atoms with van der Waals surface area (Å²) in [4.78, 5) is 20.0. The summed E-state index contributed by atoms with van der Waals surface area (Å²) < 4.78 is 0. The SMILES string of the molecule is Cc1cc(NC(=O)N[C@H]2CCN(CC(c3ccccc3)c3ccccc3)C2)cc(CCc2ccccc2)n1. The molecule has 5 nitrogen and oxygen atoms in total. The van der Waals surface area contributed by atoms with Crippen molar-refractivity contribution in [3.8, 4) is 0 Å². The van der Waals surface area contributed by atoms with Gasteiger partial charge >= 0.3 is 6.03 Å². The maximum absolute atomic E-state index is 12.9. The first-order valence-corrected chi connectivity index (χ1v) is 13.5. The summed E-state index contributed by atoms with van der Waals surface area (Å²) in [5.41, 5.74) is 6.62. The van der Waals surface area contributed by atoms with Gasteiger partial charge in [0.2, 0.25) is 0 Å². The summed E-state index contributed by atoms with van der Waals surface area (Å²) in [6.07, 6.45) is 2.71. The van der Waals surface area contributed by atoms with Crippen molar-refractivity contribution < 1.29 is 4.79 Å². The minimum atomic E-state index is -0.154. The Bertz CT molecular complexity index is 1270. The number of nitrogens with zero attached hydrogens (tertiary/aromatic N) is 2. The van der Waals surface area contributed by atoms with Crippen LogP contribution in [0, 0.1) is 6.92 Å². The molecule has 0 radical (unpaired) electrons. The topological polar surface area (TPSA) is 57.3 Å². The quantitative estimate of drug-likeness (QED) is 0.285. The number of nitrogens with one attached hydrogen (secondary N) is 2. The van der Waals surface area contributed by atoms with E-state index >= 15 is 0 Å². The predicted octanol–water partition coefficient (Wildman–Crippen LogP) is 6.20. The summed E-state index contributed by atoms with van der Waals surface area (Å²) in [5, 5.41) is 6.24. The monoisotopic (exact) mass is 504 g/mol. The highest BCUT2D eigenvalue weighted by molar-refractivity contribution is 5.89. The van der Waals surface area contributed by atoms with Crippen LogP contribution in [0.15, 0.2) is 103 Å². The fourth-order valence-corrected chi connectivity index (χ4v) is 5.36. The zero-order valence-electron chi connectivity index (χ0n) is 22.0. The Morgan fingerprint density at radius 2 is 1.53 bits per heavy atom. The van der Waals surface area contributed by atoms with Crippen LogP contribution >= 0.6 is 0 Å². The molecule has 1 aliphatic rings. The van der Waals surface area contributed by atoms with Gasteiger partial charge in [-0.3, -0.25) is 4.98 Å². The zero-order chi connectivity index (χ0) is 26.2. The Morgan fingerprint density at radius 3 is 2.18 bits per heavy atom. The Kier molecular flexibility index (Phi) is 8.46. The molecular weight excluding hydrogens is 468 g/mol. The number of aryl methyl sites for hydroxylation is 3. The Balaban J connectivity index is 1.16. The highest BCUT2D eigenvalue weighted by Gasteiger charge is 2.27. The smallest absolute Gasteiger partial charge is 0.319 e. The van der Waals surface area contributed by atoms with Crippen LogP contribution in [0.4, 0.5) is 10.5 Å². The van der Waals surface area contributed by atoms with E-state index in [9.17, 15) is 4.79 Å². The second kappa shape index (κ2) is 12.5. The van der Waals surface area contributed by atoms with Crippen LogP contribution in [0.5, 0.6) is 0 Å². The number of pyridine rings is 1. The van der Waals surface area contributed by atoms with Gasteiger partial charge in [-0.2, -0.15) is 0 Å². The van der Waals surface area contributed by atoms with Gasteiger partial charge in [0.25, 0.3) is 0 Å². The molecule has 0 bridgehead atoms. The lowest BCUT2D eigenvalue weighted by Gasteiger charge is -2.25. The van der Waals surface area contributed by atoms with E-state index < -0.39 is 0 Å². The Labute approximate surface area is 225 Å². The van der Waals surface area contributed by atoms with Crippen LogP contribution in [0.2, 0.25) is 0 Å². The molecule has 0 aliphatic carbocycles. The molecule has 1 atom stereocenters. The number of carbonyl (C=O) groups excluding carboxylic acids is 1. The molecule has 3 aromatic carbocycles. The van der Waals surface area contributed by atoms with E-state index in [4.69, 9.17) is 0 Å². The van der Waals surface area contributed by atoms with E-state index in [2.05, 4.69) is 105 Å². The van der Waals surface area contributed by atoms with Crippen LogP contribution in [0.3, 0.4) is 0 Å². The average Bonchev–Trinajstić information content (AvgIpc) is 3.38. The molecule has 5 rings (SSSR count). The fourth-order valence-electron chi connectivity index (χ4n) is 5.36. The largest absolute Gasteiger partial charge is 0.334 e. The number of urea groups is 1. The number of benzene rings is 3. The zero-order valence-corrected chi connectivity index (χ0v) is 22.0. The number of rotatable bonds is 9. The molecule has 4 aromatic rings. The molecule has 1 saturated heterocycles. The van der Waals surface area contributed by atoms with Crippen molar-refractivity contribution in [3.05, 3.63) is 131 Å². The summed E-state index contributed by atoms with van der Waals surface area (Å²) in [7, 11) is 0. The summed E-state index contributed by atoms with van der Waals surface area (Å²) in [6, 6.07) is 35.7. The minimum absolute atomic E-state index is 0.127. The molecule has 0 unspecified atom stereocenters. The number of amides is 2. The molecule has 2 heterocycles. The van der Waals surface area contributed by atoms with Gasteiger partial charge in [-0.1, -0.05) is 91.0 Å². The van der Waals surface area contributed by atoms with Crippen LogP contribution < -0.4 is 10.6 Å². The Morgan fingerprint density at radius 1 is 0.895 bits per heavy atom. The number of hydrogen-bond donors (Lipinski definition) is 2. The van der Waals surface area contributed by atoms with Crippen molar-refractivity contribution in [2.75, 3.05) is 25.0 Å². The summed E-state index contributed by atoms with van der Waals surface area (Å²) in [6.45, 7) is 4.72. The molecule has 1 aromatic heterocycles. The summed E-state index contributed by atoms with van der Waals surface area (Å²) >= 11 is 0. The standard InChI is InChI=1S/C33H36N4O/c1-25-21-31(22-29(34-25)18-17-26-11-5-2-6-12-26)36-33(38)35-30-19-20-37(23-30)24-32(27-13-7-3-8-14-27)28-15-9-4-10-16-28/h2-16,21-22,30,32H,17-20,23-24H2,1H3,(H2,34,35,36,38)/t30-/m0/s1. The molecule has 5 heteroatoms. The molecule has 0 spiro atoms. The van der Waals surface area contributed by atoms with Gasteiger partial charge in [0.05, 0.1) is 0 Å². The van der Waals surface area contributed by atoms with Crippen LogP contribution in [0.25, 0.3) is 0 Å². The predicted molar refractivity (Wildman–Crippen MR) is 155 cm³/mol. The van der Waals surface area contributed by atoms with E-state index in [1.165, 1.54) is 16.7 Å². The van der Waals surface area contributed by atoms with Gasteiger partial charge < -0.3 is 15.5 Å². The normalized spacial score (nSPS) is 15.5. The lowest BCUT2D eigenvalue weighted by atomic mass is 9.91. The Hall–Kier alpha value is -3.96. The molecular formula is C33H36N4O. The van der Waals surface area contributed by atoms with Crippen LogP contribution in [-0.2, 0) is 12.8 Å². The number of anilines is 1. The second-order valence-electron chi connectivity index (χ2n) is 10.2. The van der Waals surface area contributed by atoms with E-state index in [0.29, 0.717) is 5.92 Å². The number of aromatic nitrogens is 1. The third-order valence-electron chi connectivity index (χ3n) is 7.23.